The maximum atomic E-state index is 12.3. The summed E-state index contributed by atoms with van der Waals surface area (Å²) in [5.41, 5.74) is 0. The fourth-order valence-corrected chi connectivity index (χ4v) is 5.19. The minimum Gasteiger partial charge on any atom is -0.293 e. The van der Waals surface area contributed by atoms with Gasteiger partial charge in [0.1, 0.15) is 9.84 Å². The van der Waals surface area contributed by atoms with Crippen molar-refractivity contribution in [2.24, 2.45) is 5.92 Å². The molecule has 0 saturated heterocycles. The Morgan fingerprint density at radius 3 is 2.72 bits per heavy atom. The second-order valence-corrected chi connectivity index (χ2v) is 8.87. The third-order valence-electron chi connectivity index (χ3n) is 3.44. The molecule has 100 valence electrons. The minimum atomic E-state index is -3.03. The molecular weight excluding hydrogens is 336 g/mol. The Bertz CT molecular complexity index is 547. The summed E-state index contributed by atoms with van der Waals surface area (Å²) in [5, 5.41) is 1.52. The summed E-state index contributed by atoms with van der Waals surface area (Å²) < 4.78 is 24.0. The van der Waals surface area contributed by atoms with Crippen molar-refractivity contribution < 1.29 is 13.2 Å². The molecule has 1 aromatic heterocycles. The summed E-state index contributed by atoms with van der Waals surface area (Å²) in [7, 11) is -3.03. The molecular formula is C12H15BrO3S2. The van der Waals surface area contributed by atoms with Crippen LogP contribution in [-0.4, -0.2) is 25.7 Å². The van der Waals surface area contributed by atoms with Gasteiger partial charge in [0.2, 0.25) is 0 Å². The van der Waals surface area contributed by atoms with Gasteiger partial charge in [-0.15, -0.1) is 11.3 Å². The topological polar surface area (TPSA) is 51.2 Å². The Balaban J connectivity index is 2.15. The Hall–Kier alpha value is -0.200. The fraction of sp³-hybridized carbons (Fsp3) is 0.583. The third kappa shape index (κ3) is 3.03. The van der Waals surface area contributed by atoms with Gasteiger partial charge in [0.05, 0.1) is 10.1 Å². The van der Waals surface area contributed by atoms with E-state index in [1.54, 1.807) is 0 Å². The second kappa shape index (κ2) is 5.43. The zero-order valence-electron chi connectivity index (χ0n) is 10.1. The van der Waals surface area contributed by atoms with Gasteiger partial charge in [-0.3, -0.25) is 4.79 Å². The van der Waals surface area contributed by atoms with Gasteiger partial charge in [-0.1, -0.05) is 6.42 Å². The number of halogens is 1. The highest BCUT2D eigenvalue weighted by Crippen LogP contribution is 2.34. The summed E-state index contributed by atoms with van der Waals surface area (Å²) in [6.45, 7) is 0. The van der Waals surface area contributed by atoms with E-state index in [1.807, 2.05) is 11.4 Å². The summed E-state index contributed by atoms with van der Waals surface area (Å²) in [4.78, 5) is 13.1. The maximum absolute atomic E-state index is 12.3. The smallest absolute Gasteiger partial charge is 0.177 e. The van der Waals surface area contributed by atoms with Gasteiger partial charge in [-0.05, 0) is 46.6 Å². The van der Waals surface area contributed by atoms with Crippen LogP contribution in [0.25, 0.3) is 0 Å². The van der Waals surface area contributed by atoms with Gasteiger partial charge < -0.3 is 0 Å². The van der Waals surface area contributed by atoms with Gasteiger partial charge in [0, 0.05) is 16.6 Å². The number of thiophene rings is 1. The summed E-state index contributed by atoms with van der Waals surface area (Å²) in [6, 6.07) is 1.86. The molecule has 1 aliphatic rings. The average molecular weight is 351 g/mol. The van der Waals surface area contributed by atoms with Crippen molar-refractivity contribution in [1.82, 2.24) is 0 Å². The Morgan fingerprint density at radius 1 is 1.44 bits per heavy atom. The molecule has 1 aromatic rings. The van der Waals surface area contributed by atoms with Crippen molar-refractivity contribution in [2.45, 2.75) is 30.9 Å². The number of carbonyl (C=O) groups is 1. The molecule has 18 heavy (non-hydrogen) atoms. The van der Waals surface area contributed by atoms with Crippen LogP contribution in [0.5, 0.6) is 0 Å². The fourth-order valence-electron chi connectivity index (χ4n) is 2.43. The number of carbonyl (C=O) groups excluding carboxylic acids is 1. The highest BCUT2D eigenvalue weighted by Gasteiger charge is 2.33. The first kappa shape index (κ1) is 14.2. The molecule has 3 nitrogen and oxygen atoms in total. The molecule has 0 aromatic carbocycles. The molecule has 6 heteroatoms. The zero-order chi connectivity index (χ0) is 13.3. The Labute approximate surface area is 120 Å². The standard InChI is InChI=1S/C12H15BrO3S2/c1-18(15,16)9-4-2-3-8(7-9)11(14)12-10(13)5-6-17-12/h5-6,8-9H,2-4,7H2,1H3. The van der Waals surface area contributed by atoms with Crippen LogP contribution < -0.4 is 0 Å². The van der Waals surface area contributed by atoms with E-state index in [2.05, 4.69) is 15.9 Å². The first-order chi connectivity index (χ1) is 8.39. The van der Waals surface area contributed by atoms with Crippen LogP contribution in [0.15, 0.2) is 15.9 Å². The van der Waals surface area contributed by atoms with Crippen LogP contribution >= 0.6 is 27.3 Å². The normalized spacial score (nSPS) is 25.0. The third-order valence-corrected chi connectivity index (χ3v) is 6.93. The van der Waals surface area contributed by atoms with Crippen molar-refractivity contribution in [3.05, 3.63) is 20.8 Å². The van der Waals surface area contributed by atoms with Gasteiger partial charge in [0.25, 0.3) is 0 Å². The number of ketones is 1. The van der Waals surface area contributed by atoms with Crippen LogP contribution in [-0.2, 0) is 9.84 Å². The predicted molar refractivity (Wildman–Crippen MR) is 76.9 cm³/mol. The highest BCUT2D eigenvalue weighted by molar-refractivity contribution is 9.10. The number of hydrogen-bond acceptors (Lipinski definition) is 4. The lowest BCUT2D eigenvalue weighted by Crippen LogP contribution is -2.31. The molecule has 2 rings (SSSR count). The SMILES string of the molecule is CS(=O)(=O)C1CCCC(C(=O)c2sccc2Br)C1. The number of Topliss-reactive ketones (excluding diaryl/α,β-unsaturated/α-hetero) is 1. The first-order valence-electron chi connectivity index (χ1n) is 5.85. The van der Waals surface area contributed by atoms with E-state index in [-0.39, 0.29) is 17.0 Å². The van der Waals surface area contributed by atoms with Crippen molar-refractivity contribution in [1.29, 1.82) is 0 Å². The largest absolute Gasteiger partial charge is 0.293 e. The van der Waals surface area contributed by atoms with Crippen molar-refractivity contribution in [3.8, 4) is 0 Å². The van der Waals surface area contributed by atoms with Gasteiger partial charge in [0.15, 0.2) is 5.78 Å². The molecule has 0 amide bonds. The average Bonchev–Trinajstić information content (AvgIpc) is 2.73. The van der Waals surface area contributed by atoms with Crippen LogP contribution in [0.3, 0.4) is 0 Å². The van der Waals surface area contributed by atoms with Crippen LogP contribution in [0.4, 0.5) is 0 Å². The molecule has 1 heterocycles. The van der Waals surface area contributed by atoms with E-state index in [1.165, 1.54) is 17.6 Å². The predicted octanol–water partition coefficient (Wildman–Crippen LogP) is 3.30. The van der Waals surface area contributed by atoms with E-state index in [0.29, 0.717) is 17.7 Å². The second-order valence-electron chi connectivity index (χ2n) is 4.78. The summed E-state index contributed by atoms with van der Waals surface area (Å²) in [5.74, 6) is -0.0568. The molecule has 0 N–H and O–H groups in total. The van der Waals surface area contributed by atoms with Gasteiger partial charge >= 0.3 is 0 Å². The molecule has 1 fully saturated rings. The lowest BCUT2D eigenvalue weighted by molar-refractivity contribution is 0.0894. The van der Waals surface area contributed by atoms with E-state index in [4.69, 9.17) is 0 Å². The molecule has 2 unspecified atom stereocenters. The van der Waals surface area contributed by atoms with Crippen LogP contribution in [0.2, 0.25) is 0 Å². The van der Waals surface area contributed by atoms with E-state index in [9.17, 15) is 13.2 Å². The summed E-state index contributed by atoms with van der Waals surface area (Å²) in [6.07, 6.45) is 4.05. The van der Waals surface area contributed by atoms with E-state index >= 15 is 0 Å². The minimum absolute atomic E-state index is 0.0882. The molecule has 0 spiro atoms. The van der Waals surface area contributed by atoms with Crippen LogP contribution in [0, 0.1) is 5.92 Å². The van der Waals surface area contributed by atoms with Gasteiger partial charge in [-0.25, -0.2) is 8.42 Å². The number of sulfone groups is 1. The lowest BCUT2D eigenvalue weighted by atomic mass is 9.85. The van der Waals surface area contributed by atoms with Crippen molar-refractivity contribution in [2.75, 3.05) is 6.26 Å². The molecule has 1 aliphatic carbocycles. The summed E-state index contributed by atoms with van der Waals surface area (Å²) >= 11 is 4.77. The lowest BCUT2D eigenvalue weighted by Gasteiger charge is -2.26. The highest BCUT2D eigenvalue weighted by atomic mass is 79.9. The van der Waals surface area contributed by atoms with E-state index in [0.717, 1.165) is 17.3 Å². The molecule has 0 radical (unpaired) electrons. The number of rotatable bonds is 3. The van der Waals surface area contributed by atoms with Crippen LogP contribution in [0.1, 0.15) is 35.4 Å². The van der Waals surface area contributed by atoms with E-state index < -0.39 is 9.84 Å². The van der Waals surface area contributed by atoms with Gasteiger partial charge in [-0.2, -0.15) is 0 Å². The zero-order valence-corrected chi connectivity index (χ0v) is 13.3. The molecule has 0 bridgehead atoms. The Kier molecular flexibility index (Phi) is 4.29. The molecule has 2 atom stereocenters. The monoisotopic (exact) mass is 350 g/mol. The van der Waals surface area contributed by atoms with Crippen molar-refractivity contribution in [3.63, 3.8) is 0 Å². The maximum Gasteiger partial charge on any atom is 0.177 e. The first-order valence-corrected chi connectivity index (χ1v) is 9.48. The van der Waals surface area contributed by atoms with Crippen molar-refractivity contribution >= 4 is 42.9 Å². The molecule has 1 saturated carbocycles. The Morgan fingerprint density at radius 2 is 2.17 bits per heavy atom. The molecule has 0 aliphatic heterocycles. The quantitative estimate of drug-likeness (QED) is 0.785. The number of hydrogen-bond donors (Lipinski definition) is 0.